The van der Waals surface area contributed by atoms with Gasteiger partial charge >= 0.3 is 0 Å². The summed E-state index contributed by atoms with van der Waals surface area (Å²) in [6.07, 6.45) is 3.76. The van der Waals surface area contributed by atoms with Crippen molar-refractivity contribution in [1.29, 1.82) is 0 Å². The Balaban J connectivity index is 1.31. The molecule has 130 valence electrons. The molecular formula is C19H17N5O2. The lowest BCUT2D eigenvalue weighted by atomic mass is 10.2. The highest BCUT2D eigenvalue weighted by molar-refractivity contribution is 5.99. The average molecular weight is 347 g/mol. The molecular weight excluding hydrogens is 330 g/mol. The molecule has 7 nitrogen and oxygen atoms in total. The van der Waals surface area contributed by atoms with Crippen LogP contribution in [0.15, 0.2) is 60.9 Å². The second kappa shape index (κ2) is 6.72. The zero-order chi connectivity index (χ0) is 17.9. The first-order valence-electron chi connectivity index (χ1n) is 8.24. The zero-order valence-electron chi connectivity index (χ0n) is 13.9. The van der Waals surface area contributed by atoms with E-state index in [2.05, 4.69) is 20.6 Å². The van der Waals surface area contributed by atoms with Gasteiger partial charge in [-0.15, -0.1) is 0 Å². The normalized spacial score (nSPS) is 10.9. The Hall–Kier alpha value is -3.61. The van der Waals surface area contributed by atoms with Crippen LogP contribution in [0.5, 0.6) is 0 Å². The van der Waals surface area contributed by atoms with Crippen molar-refractivity contribution in [3.8, 4) is 0 Å². The van der Waals surface area contributed by atoms with Crippen LogP contribution in [0.3, 0.4) is 0 Å². The van der Waals surface area contributed by atoms with E-state index < -0.39 is 0 Å². The van der Waals surface area contributed by atoms with Gasteiger partial charge in [0.1, 0.15) is 11.3 Å². The Kier molecular flexibility index (Phi) is 4.10. The SMILES string of the molecule is O=C(CNC(=O)c1cc2ccccc2[nH]1)NCc1cn2ccccc2n1. The molecule has 0 radical (unpaired) electrons. The lowest BCUT2D eigenvalue weighted by Crippen LogP contribution is -2.36. The Morgan fingerprint density at radius 3 is 2.77 bits per heavy atom. The molecule has 7 heteroatoms. The number of rotatable bonds is 5. The second-order valence-corrected chi connectivity index (χ2v) is 5.93. The summed E-state index contributed by atoms with van der Waals surface area (Å²) in [5.41, 5.74) is 2.89. The van der Waals surface area contributed by atoms with Gasteiger partial charge in [-0.05, 0) is 24.3 Å². The Morgan fingerprint density at radius 1 is 1.08 bits per heavy atom. The van der Waals surface area contributed by atoms with Crippen LogP contribution in [0, 0.1) is 0 Å². The number of carbonyl (C=O) groups excluding carboxylic acids is 2. The van der Waals surface area contributed by atoms with Crippen LogP contribution in [-0.2, 0) is 11.3 Å². The third kappa shape index (κ3) is 3.27. The van der Waals surface area contributed by atoms with E-state index >= 15 is 0 Å². The van der Waals surface area contributed by atoms with Crippen molar-refractivity contribution >= 4 is 28.4 Å². The molecule has 0 aliphatic rings. The van der Waals surface area contributed by atoms with Crippen molar-refractivity contribution in [3.05, 3.63) is 72.3 Å². The van der Waals surface area contributed by atoms with Crippen molar-refractivity contribution in [1.82, 2.24) is 25.0 Å². The predicted octanol–water partition coefficient (Wildman–Crippen LogP) is 1.86. The van der Waals surface area contributed by atoms with Gasteiger partial charge in [0.05, 0.1) is 18.8 Å². The third-order valence-electron chi connectivity index (χ3n) is 4.06. The Morgan fingerprint density at radius 2 is 1.92 bits per heavy atom. The number of hydrogen-bond donors (Lipinski definition) is 3. The van der Waals surface area contributed by atoms with Crippen LogP contribution in [0.4, 0.5) is 0 Å². The zero-order valence-corrected chi connectivity index (χ0v) is 13.9. The van der Waals surface area contributed by atoms with Gasteiger partial charge in [0.2, 0.25) is 5.91 Å². The van der Waals surface area contributed by atoms with Crippen molar-refractivity contribution in [3.63, 3.8) is 0 Å². The van der Waals surface area contributed by atoms with Crippen molar-refractivity contribution in [2.24, 2.45) is 0 Å². The average Bonchev–Trinajstić information content (AvgIpc) is 3.27. The number of amides is 2. The first-order chi connectivity index (χ1) is 12.7. The molecule has 3 heterocycles. The number of imidazole rings is 1. The van der Waals surface area contributed by atoms with Crippen LogP contribution in [0.1, 0.15) is 16.2 Å². The number of para-hydroxylation sites is 1. The molecule has 0 spiro atoms. The number of benzene rings is 1. The molecule has 0 unspecified atom stereocenters. The molecule has 0 atom stereocenters. The number of nitrogens with one attached hydrogen (secondary N) is 3. The molecule has 4 rings (SSSR count). The third-order valence-corrected chi connectivity index (χ3v) is 4.06. The molecule has 3 N–H and O–H groups in total. The first kappa shape index (κ1) is 15.9. The summed E-state index contributed by atoms with van der Waals surface area (Å²) in [6, 6.07) is 15.1. The maximum atomic E-state index is 12.2. The van der Waals surface area contributed by atoms with Gasteiger partial charge in [-0.1, -0.05) is 24.3 Å². The number of aromatic nitrogens is 3. The van der Waals surface area contributed by atoms with E-state index in [0.717, 1.165) is 22.2 Å². The predicted molar refractivity (Wildman–Crippen MR) is 97.7 cm³/mol. The molecule has 0 saturated heterocycles. The van der Waals surface area contributed by atoms with Gasteiger partial charge in [0, 0.05) is 23.3 Å². The molecule has 0 bridgehead atoms. The van der Waals surface area contributed by atoms with Crippen LogP contribution < -0.4 is 10.6 Å². The summed E-state index contributed by atoms with van der Waals surface area (Å²) in [5.74, 6) is -0.587. The van der Waals surface area contributed by atoms with E-state index in [1.165, 1.54) is 0 Å². The van der Waals surface area contributed by atoms with Crippen LogP contribution in [-0.4, -0.2) is 32.7 Å². The summed E-state index contributed by atoms with van der Waals surface area (Å²) in [7, 11) is 0. The van der Waals surface area contributed by atoms with E-state index in [-0.39, 0.29) is 18.4 Å². The summed E-state index contributed by atoms with van der Waals surface area (Å²) < 4.78 is 1.89. The van der Waals surface area contributed by atoms with Gasteiger partial charge in [-0.2, -0.15) is 0 Å². The molecule has 1 aromatic carbocycles. The number of nitrogens with zero attached hydrogens (tertiary/aromatic N) is 2. The maximum absolute atomic E-state index is 12.2. The van der Waals surface area contributed by atoms with Crippen LogP contribution in [0.2, 0.25) is 0 Å². The fourth-order valence-electron chi connectivity index (χ4n) is 2.78. The van der Waals surface area contributed by atoms with E-state index in [1.807, 2.05) is 59.3 Å². The quantitative estimate of drug-likeness (QED) is 0.515. The fourth-order valence-corrected chi connectivity index (χ4v) is 2.78. The molecule has 0 fully saturated rings. The molecule has 3 aromatic heterocycles. The summed E-state index contributed by atoms with van der Waals surface area (Å²) >= 11 is 0. The van der Waals surface area contributed by atoms with E-state index in [4.69, 9.17) is 0 Å². The minimum atomic E-state index is -0.316. The number of pyridine rings is 1. The number of hydrogen-bond acceptors (Lipinski definition) is 3. The fraction of sp³-hybridized carbons (Fsp3) is 0.105. The molecule has 2 amide bonds. The number of aromatic amines is 1. The van der Waals surface area contributed by atoms with E-state index in [1.54, 1.807) is 6.07 Å². The first-order valence-corrected chi connectivity index (χ1v) is 8.24. The second-order valence-electron chi connectivity index (χ2n) is 5.93. The number of carbonyl (C=O) groups is 2. The highest BCUT2D eigenvalue weighted by Crippen LogP contribution is 2.14. The van der Waals surface area contributed by atoms with Crippen molar-refractivity contribution < 1.29 is 9.59 Å². The van der Waals surface area contributed by atoms with Crippen LogP contribution in [0.25, 0.3) is 16.6 Å². The molecule has 0 aliphatic carbocycles. The summed E-state index contributed by atoms with van der Waals surface area (Å²) in [6.45, 7) is 0.213. The van der Waals surface area contributed by atoms with E-state index in [0.29, 0.717) is 12.2 Å². The molecule has 0 aliphatic heterocycles. The van der Waals surface area contributed by atoms with Crippen LogP contribution >= 0.6 is 0 Å². The van der Waals surface area contributed by atoms with Gasteiger partial charge < -0.3 is 20.0 Å². The van der Waals surface area contributed by atoms with Gasteiger partial charge in [0.15, 0.2) is 0 Å². The van der Waals surface area contributed by atoms with Gasteiger partial charge in [0.25, 0.3) is 5.91 Å². The maximum Gasteiger partial charge on any atom is 0.268 e. The number of fused-ring (bicyclic) bond motifs is 2. The molecule has 26 heavy (non-hydrogen) atoms. The largest absolute Gasteiger partial charge is 0.351 e. The minimum Gasteiger partial charge on any atom is -0.351 e. The molecule has 0 saturated carbocycles. The Labute approximate surface area is 149 Å². The topological polar surface area (TPSA) is 91.3 Å². The molecule has 4 aromatic rings. The summed E-state index contributed by atoms with van der Waals surface area (Å²) in [5, 5.41) is 6.32. The lowest BCUT2D eigenvalue weighted by molar-refractivity contribution is -0.120. The van der Waals surface area contributed by atoms with E-state index in [9.17, 15) is 9.59 Å². The minimum absolute atomic E-state index is 0.0957. The monoisotopic (exact) mass is 347 g/mol. The van der Waals surface area contributed by atoms with Crippen molar-refractivity contribution in [2.45, 2.75) is 6.54 Å². The number of H-pyrrole nitrogens is 1. The summed E-state index contributed by atoms with van der Waals surface area (Å²) in [4.78, 5) is 31.6. The highest BCUT2D eigenvalue weighted by Gasteiger charge is 2.11. The van der Waals surface area contributed by atoms with Crippen molar-refractivity contribution in [2.75, 3.05) is 6.54 Å². The smallest absolute Gasteiger partial charge is 0.268 e. The lowest BCUT2D eigenvalue weighted by Gasteiger charge is -2.04. The standard InChI is InChI=1S/C19H17N5O2/c25-18(20-10-14-12-24-8-4-3-7-17(24)22-14)11-21-19(26)16-9-13-5-1-2-6-15(13)23-16/h1-9,12,23H,10-11H2,(H,20,25)(H,21,26). The highest BCUT2D eigenvalue weighted by atomic mass is 16.2. The van der Waals surface area contributed by atoms with Gasteiger partial charge in [-0.25, -0.2) is 4.98 Å². The Bertz CT molecular complexity index is 1030. The van der Waals surface area contributed by atoms with Gasteiger partial charge in [-0.3, -0.25) is 9.59 Å².